The zero-order valence-corrected chi connectivity index (χ0v) is 16.6. The Morgan fingerprint density at radius 3 is 1.61 bits per heavy atom. The third-order valence-corrected chi connectivity index (χ3v) is 3.88. The zero-order chi connectivity index (χ0) is 21.1. The van der Waals surface area contributed by atoms with Crippen molar-refractivity contribution in [3.8, 4) is 0 Å². The lowest BCUT2D eigenvalue weighted by molar-refractivity contribution is -0.125. The Morgan fingerprint density at radius 1 is 0.857 bits per heavy atom. The molecule has 0 saturated heterocycles. The molecule has 0 aliphatic rings. The topological polar surface area (TPSA) is 124 Å². The summed E-state index contributed by atoms with van der Waals surface area (Å²) in [4.78, 5) is 51.2. The van der Waals surface area contributed by atoms with Gasteiger partial charge in [0.15, 0.2) is 13.2 Å². The van der Waals surface area contributed by atoms with Gasteiger partial charge in [-0.2, -0.15) is 0 Å². The molecule has 2 N–H and O–H groups in total. The molecule has 0 aromatic carbocycles. The van der Waals surface area contributed by atoms with E-state index in [1.165, 1.54) is 18.2 Å². The Labute approximate surface area is 164 Å². The van der Waals surface area contributed by atoms with E-state index in [9.17, 15) is 19.2 Å². The van der Waals surface area contributed by atoms with E-state index < -0.39 is 37.0 Å². The highest BCUT2D eigenvalue weighted by atomic mass is 16.5. The molecular formula is C19H27N3O6. The molecule has 0 saturated carbocycles. The molecule has 0 unspecified atom stereocenters. The smallest absolute Gasteiger partial charge is 0.357 e. The van der Waals surface area contributed by atoms with Crippen LogP contribution in [0, 0.1) is 0 Å². The van der Waals surface area contributed by atoms with Crippen LogP contribution in [0.4, 0.5) is 0 Å². The van der Waals surface area contributed by atoms with Crippen molar-refractivity contribution < 1.29 is 28.7 Å². The van der Waals surface area contributed by atoms with E-state index in [1.54, 1.807) is 0 Å². The summed E-state index contributed by atoms with van der Waals surface area (Å²) in [5, 5.41) is 5.32. The fraction of sp³-hybridized carbons (Fsp3) is 0.526. The van der Waals surface area contributed by atoms with Crippen LogP contribution in [0.2, 0.25) is 0 Å². The van der Waals surface area contributed by atoms with E-state index in [-0.39, 0.29) is 23.5 Å². The van der Waals surface area contributed by atoms with Gasteiger partial charge in [0.1, 0.15) is 11.4 Å². The summed E-state index contributed by atoms with van der Waals surface area (Å²) in [6.45, 7) is 6.60. The van der Waals surface area contributed by atoms with E-state index >= 15 is 0 Å². The predicted octanol–water partition coefficient (Wildman–Crippen LogP) is 1.22. The molecule has 0 aliphatic carbocycles. The first-order valence-electron chi connectivity index (χ1n) is 9.16. The second-order valence-electron chi connectivity index (χ2n) is 6.31. The lowest BCUT2D eigenvalue weighted by atomic mass is 10.2. The molecule has 2 atom stereocenters. The maximum atomic E-state index is 12.0. The van der Waals surface area contributed by atoms with Gasteiger partial charge in [-0.25, -0.2) is 14.6 Å². The Hall–Kier alpha value is -2.97. The first-order chi connectivity index (χ1) is 13.3. The number of pyridine rings is 1. The molecule has 154 valence electrons. The zero-order valence-electron chi connectivity index (χ0n) is 16.6. The quantitative estimate of drug-likeness (QED) is 0.573. The predicted molar refractivity (Wildman–Crippen MR) is 101 cm³/mol. The van der Waals surface area contributed by atoms with Crippen LogP contribution in [-0.2, 0) is 19.1 Å². The number of hydrogen-bond acceptors (Lipinski definition) is 7. The second kappa shape index (κ2) is 11.7. The highest BCUT2D eigenvalue weighted by molar-refractivity contribution is 5.93. The molecule has 0 bridgehead atoms. The summed E-state index contributed by atoms with van der Waals surface area (Å²) >= 11 is 0. The van der Waals surface area contributed by atoms with Crippen molar-refractivity contribution in [2.45, 2.75) is 52.6 Å². The van der Waals surface area contributed by atoms with Crippen molar-refractivity contribution >= 4 is 23.8 Å². The molecule has 0 fully saturated rings. The van der Waals surface area contributed by atoms with E-state index in [0.717, 1.165) is 12.8 Å². The Bertz CT molecular complexity index is 651. The van der Waals surface area contributed by atoms with Crippen LogP contribution in [0.3, 0.4) is 0 Å². The molecule has 1 aromatic rings. The van der Waals surface area contributed by atoms with Gasteiger partial charge in [-0.3, -0.25) is 9.59 Å². The van der Waals surface area contributed by atoms with Crippen molar-refractivity contribution in [1.29, 1.82) is 0 Å². The highest BCUT2D eigenvalue weighted by Gasteiger charge is 2.17. The SMILES string of the molecule is CC[C@@H](C)NC(=O)COC(=O)c1cccc(C(=O)OCC(=O)N[C@@H](C)CC)n1. The molecular weight excluding hydrogens is 366 g/mol. The van der Waals surface area contributed by atoms with Gasteiger partial charge in [0.2, 0.25) is 0 Å². The monoisotopic (exact) mass is 393 g/mol. The number of nitrogens with one attached hydrogen (secondary N) is 2. The maximum absolute atomic E-state index is 12.0. The second-order valence-corrected chi connectivity index (χ2v) is 6.31. The number of aromatic nitrogens is 1. The molecule has 28 heavy (non-hydrogen) atoms. The van der Waals surface area contributed by atoms with Crippen LogP contribution in [0.5, 0.6) is 0 Å². The lowest BCUT2D eigenvalue weighted by Crippen LogP contribution is -2.35. The van der Waals surface area contributed by atoms with Gasteiger partial charge in [-0.15, -0.1) is 0 Å². The summed E-state index contributed by atoms with van der Waals surface area (Å²) in [5.74, 6) is -2.54. The third kappa shape index (κ3) is 8.15. The Morgan fingerprint density at radius 2 is 1.25 bits per heavy atom. The van der Waals surface area contributed by atoms with Crippen LogP contribution in [0.15, 0.2) is 18.2 Å². The first kappa shape index (κ1) is 23.1. The largest absolute Gasteiger partial charge is 0.451 e. The number of carbonyl (C=O) groups is 4. The van der Waals surface area contributed by atoms with Crippen molar-refractivity contribution in [3.63, 3.8) is 0 Å². The number of rotatable bonds is 10. The summed E-state index contributed by atoms with van der Waals surface area (Å²) < 4.78 is 9.79. The number of carbonyl (C=O) groups excluding carboxylic acids is 4. The van der Waals surface area contributed by atoms with E-state index in [2.05, 4.69) is 15.6 Å². The summed E-state index contributed by atoms with van der Waals surface area (Å²) in [6, 6.07) is 4.07. The fourth-order valence-electron chi connectivity index (χ4n) is 1.91. The van der Waals surface area contributed by atoms with Gasteiger partial charge in [0, 0.05) is 12.1 Å². The van der Waals surface area contributed by atoms with Crippen molar-refractivity contribution in [3.05, 3.63) is 29.6 Å². The van der Waals surface area contributed by atoms with Crippen LogP contribution < -0.4 is 10.6 Å². The van der Waals surface area contributed by atoms with Gasteiger partial charge in [-0.1, -0.05) is 19.9 Å². The average Bonchev–Trinajstić information content (AvgIpc) is 2.69. The number of nitrogens with zero attached hydrogens (tertiary/aromatic N) is 1. The Balaban J connectivity index is 2.58. The Kier molecular flexibility index (Phi) is 9.63. The van der Waals surface area contributed by atoms with Crippen LogP contribution in [0.25, 0.3) is 0 Å². The number of amides is 2. The van der Waals surface area contributed by atoms with E-state index in [1.807, 2.05) is 27.7 Å². The molecule has 0 aliphatic heterocycles. The normalized spacial score (nSPS) is 12.4. The summed E-state index contributed by atoms with van der Waals surface area (Å²) in [7, 11) is 0. The molecule has 1 heterocycles. The van der Waals surface area contributed by atoms with Crippen LogP contribution in [-0.4, -0.2) is 54.0 Å². The molecule has 9 heteroatoms. The van der Waals surface area contributed by atoms with Gasteiger partial charge in [0.25, 0.3) is 11.8 Å². The number of hydrogen-bond donors (Lipinski definition) is 2. The van der Waals surface area contributed by atoms with Crippen molar-refractivity contribution in [2.24, 2.45) is 0 Å². The molecule has 2 amide bonds. The molecule has 1 rings (SSSR count). The first-order valence-corrected chi connectivity index (χ1v) is 9.16. The molecule has 0 radical (unpaired) electrons. The molecule has 9 nitrogen and oxygen atoms in total. The molecule has 1 aromatic heterocycles. The van der Waals surface area contributed by atoms with Gasteiger partial charge in [0.05, 0.1) is 0 Å². The minimum atomic E-state index is -0.844. The summed E-state index contributed by atoms with van der Waals surface area (Å²) in [5.41, 5.74) is -0.287. The minimum Gasteiger partial charge on any atom is -0.451 e. The summed E-state index contributed by atoms with van der Waals surface area (Å²) in [6.07, 6.45) is 1.50. The van der Waals surface area contributed by atoms with Crippen molar-refractivity contribution in [1.82, 2.24) is 15.6 Å². The minimum absolute atomic E-state index is 0.0278. The fourth-order valence-corrected chi connectivity index (χ4v) is 1.91. The van der Waals surface area contributed by atoms with Gasteiger partial charge in [-0.05, 0) is 38.8 Å². The van der Waals surface area contributed by atoms with Crippen LogP contribution in [0.1, 0.15) is 61.5 Å². The van der Waals surface area contributed by atoms with Crippen LogP contribution >= 0.6 is 0 Å². The number of esters is 2. The highest BCUT2D eigenvalue weighted by Crippen LogP contribution is 2.04. The number of ether oxygens (including phenoxy) is 2. The van der Waals surface area contributed by atoms with Gasteiger partial charge >= 0.3 is 11.9 Å². The lowest BCUT2D eigenvalue weighted by Gasteiger charge is -2.12. The van der Waals surface area contributed by atoms with Crippen molar-refractivity contribution in [2.75, 3.05) is 13.2 Å². The standard InChI is InChI=1S/C19H27N3O6/c1-5-12(3)20-16(23)10-27-18(25)14-8-7-9-15(22-14)19(26)28-11-17(24)21-13(4)6-2/h7-9,12-13H,5-6,10-11H2,1-4H3,(H,20,23)(H,21,24)/t12-,13+. The molecule has 0 spiro atoms. The third-order valence-electron chi connectivity index (χ3n) is 3.88. The van der Waals surface area contributed by atoms with E-state index in [0.29, 0.717) is 0 Å². The van der Waals surface area contributed by atoms with E-state index in [4.69, 9.17) is 9.47 Å². The maximum Gasteiger partial charge on any atom is 0.357 e. The van der Waals surface area contributed by atoms with Gasteiger partial charge < -0.3 is 20.1 Å². The average molecular weight is 393 g/mol.